The van der Waals surface area contributed by atoms with Crippen LogP contribution in [-0.4, -0.2) is 33.2 Å². The molecule has 0 spiro atoms. The van der Waals surface area contributed by atoms with Crippen LogP contribution in [0.1, 0.15) is 28.3 Å². The summed E-state index contributed by atoms with van der Waals surface area (Å²) in [5.41, 5.74) is 2.52. The van der Waals surface area contributed by atoms with Crippen LogP contribution in [0.4, 0.5) is 5.69 Å². The number of carbonyl (C=O) groups excluding carboxylic acids is 2. The minimum atomic E-state index is -0.935. The van der Waals surface area contributed by atoms with E-state index >= 15 is 0 Å². The Balaban J connectivity index is 1.82. The maximum Gasteiger partial charge on any atom is 0.295 e. The smallest absolute Gasteiger partial charge is 0.295 e. The molecule has 0 aliphatic carbocycles. The molecule has 1 saturated heterocycles. The van der Waals surface area contributed by atoms with Crippen molar-refractivity contribution in [3.05, 3.63) is 117 Å². The molecular formula is C26H22N2O5. The summed E-state index contributed by atoms with van der Waals surface area (Å²) in [5, 5.41) is 22.4. The Labute approximate surface area is 190 Å². The number of amides is 1. The molecule has 7 heteroatoms. The highest BCUT2D eigenvalue weighted by Gasteiger charge is 2.46. The van der Waals surface area contributed by atoms with E-state index < -0.39 is 22.7 Å². The SMILES string of the molecule is Cc1ccc(/C(O)=C2\C(=O)C(=O)N(CCc3ccccc3)[C@H]2c2cccc([N+](=O)[O-])c2)cc1. The maximum atomic E-state index is 13.1. The molecule has 0 unspecified atom stereocenters. The molecule has 4 rings (SSSR count). The fourth-order valence-corrected chi connectivity index (χ4v) is 4.03. The molecule has 0 radical (unpaired) electrons. The number of benzene rings is 3. The van der Waals surface area contributed by atoms with Crippen molar-refractivity contribution in [2.45, 2.75) is 19.4 Å². The summed E-state index contributed by atoms with van der Waals surface area (Å²) < 4.78 is 0. The van der Waals surface area contributed by atoms with Crippen LogP contribution in [0, 0.1) is 17.0 Å². The van der Waals surface area contributed by atoms with Crippen molar-refractivity contribution < 1.29 is 19.6 Å². The van der Waals surface area contributed by atoms with Crippen molar-refractivity contribution in [1.29, 1.82) is 0 Å². The van der Waals surface area contributed by atoms with E-state index in [0.29, 0.717) is 17.5 Å². The summed E-state index contributed by atoms with van der Waals surface area (Å²) in [6.07, 6.45) is 0.490. The molecule has 1 fully saturated rings. The fraction of sp³-hybridized carbons (Fsp3) is 0.154. The zero-order valence-corrected chi connectivity index (χ0v) is 18.0. The van der Waals surface area contributed by atoms with Gasteiger partial charge in [0, 0.05) is 24.2 Å². The van der Waals surface area contributed by atoms with Crippen molar-refractivity contribution in [2.75, 3.05) is 6.54 Å². The Kier molecular flexibility index (Phi) is 6.04. The van der Waals surface area contributed by atoms with Crippen molar-refractivity contribution in [1.82, 2.24) is 4.90 Å². The van der Waals surface area contributed by atoms with Crippen LogP contribution in [0.3, 0.4) is 0 Å². The van der Waals surface area contributed by atoms with Crippen LogP contribution in [0.2, 0.25) is 0 Å². The average Bonchev–Trinajstić information content (AvgIpc) is 3.08. The molecule has 1 N–H and O–H groups in total. The maximum absolute atomic E-state index is 13.1. The zero-order chi connectivity index (χ0) is 23.5. The van der Waals surface area contributed by atoms with Gasteiger partial charge < -0.3 is 10.0 Å². The number of hydrogen-bond donors (Lipinski definition) is 1. The Morgan fingerprint density at radius 2 is 1.70 bits per heavy atom. The predicted octanol–water partition coefficient (Wildman–Crippen LogP) is 4.57. The van der Waals surface area contributed by atoms with E-state index in [2.05, 4.69) is 0 Å². The average molecular weight is 442 g/mol. The molecular weight excluding hydrogens is 420 g/mol. The first kappa shape index (κ1) is 22.0. The zero-order valence-electron chi connectivity index (χ0n) is 18.0. The van der Waals surface area contributed by atoms with Crippen molar-refractivity contribution in [2.24, 2.45) is 0 Å². The van der Waals surface area contributed by atoms with E-state index in [0.717, 1.165) is 11.1 Å². The highest BCUT2D eigenvalue weighted by molar-refractivity contribution is 6.46. The molecule has 7 nitrogen and oxygen atoms in total. The molecule has 3 aromatic rings. The van der Waals surface area contributed by atoms with Crippen LogP contribution in [-0.2, 0) is 16.0 Å². The molecule has 166 valence electrons. The van der Waals surface area contributed by atoms with Gasteiger partial charge in [0.05, 0.1) is 16.5 Å². The number of carbonyl (C=O) groups is 2. The van der Waals surface area contributed by atoms with Crippen LogP contribution < -0.4 is 0 Å². The Bertz CT molecular complexity index is 1250. The Hall–Kier alpha value is -4.26. The van der Waals surface area contributed by atoms with Crippen LogP contribution >= 0.6 is 0 Å². The minimum Gasteiger partial charge on any atom is -0.507 e. The quantitative estimate of drug-likeness (QED) is 0.198. The van der Waals surface area contributed by atoms with E-state index in [1.54, 1.807) is 30.3 Å². The van der Waals surface area contributed by atoms with Gasteiger partial charge in [-0.3, -0.25) is 19.7 Å². The van der Waals surface area contributed by atoms with E-state index in [4.69, 9.17) is 0 Å². The molecule has 1 amide bonds. The van der Waals surface area contributed by atoms with Gasteiger partial charge in [-0.15, -0.1) is 0 Å². The van der Waals surface area contributed by atoms with Crippen molar-refractivity contribution in [3.63, 3.8) is 0 Å². The first-order valence-corrected chi connectivity index (χ1v) is 10.5. The number of ketones is 1. The van der Waals surface area contributed by atoms with E-state index in [9.17, 15) is 24.8 Å². The number of aryl methyl sites for hydroxylation is 1. The molecule has 0 aromatic heterocycles. The molecule has 33 heavy (non-hydrogen) atoms. The second-order valence-electron chi connectivity index (χ2n) is 7.95. The molecule has 1 aliphatic heterocycles. The third-order valence-electron chi connectivity index (χ3n) is 5.75. The fourth-order valence-electron chi connectivity index (χ4n) is 4.03. The Morgan fingerprint density at radius 3 is 2.36 bits per heavy atom. The first-order chi connectivity index (χ1) is 15.9. The topological polar surface area (TPSA) is 101 Å². The van der Waals surface area contributed by atoms with Crippen LogP contribution in [0.15, 0.2) is 84.4 Å². The summed E-state index contributed by atoms with van der Waals surface area (Å²) in [4.78, 5) is 38.3. The van der Waals surface area contributed by atoms with Gasteiger partial charge in [-0.05, 0) is 24.5 Å². The highest BCUT2D eigenvalue weighted by Crippen LogP contribution is 2.40. The number of rotatable bonds is 6. The first-order valence-electron chi connectivity index (χ1n) is 10.5. The van der Waals surface area contributed by atoms with E-state index in [-0.39, 0.29) is 23.6 Å². The molecule has 3 aromatic carbocycles. The third kappa shape index (κ3) is 4.39. The van der Waals surface area contributed by atoms with Gasteiger partial charge in [0.2, 0.25) is 0 Å². The molecule has 1 aliphatic rings. The largest absolute Gasteiger partial charge is 0.507 e. The summed E-state index contributed by atoms with van der Waals surface area (Å²) in [6.45, 7) is 2.11. The number of non-ortho nitro benzene ring substituents is 1. The number of nitro groups is 1. The standard InChI is InChI=1S/C26H22N2O5/c1-17-10-12-19(13-11-17)24(29)22-23(20-8-5-9-21(16-20)28(32)33)27(26(31)25(22)30)15-14-18-6-3-2-4-7-18/h2-13,16,23,29H,14-15H2,1H3/b24-22+/t23-/m0/s1. The Morgan fingerprint density at radius 1 is 1.00 bits per heavy atom. The number of nitrogens with zero attached hydrogens (tertiary/aromatic N) is 2. The summed E-state index contributed by atoms with van der Waals surface area (Å²) in [7, 11) is 0. The lowest BCUT2D eigenvalue weighted by Gasteiger charge is -2.25. The van der Waals surface area contributed by atoms with Gasteiger partial charge in [0.15, 0.2) is 0 Å². The van der Waals surface area contributed by atoms with Gasteiger partial charge in [-0.2, -0.15) is 0 Å². The monoisotopic (exact) mass is 442 g/mol. The predicted molar refractivity (Wildman–Crippen MR) is 123 cm³/mol. The lowest BCUT2D eigenvalue weighted by molar-refractivity contribution is -0.384. The lowest BCUT2D eigenvalue weighted by Crippen LogP contribution is -2.31. The number of nitro benzene ring substituents is 1. The van der Waals surface area contributed by atoms with Gasteiger partial charge in [-0.1, -0.05) is 72.3 Å². The number of aliphatic hydroxyl groups excluding tert-OH is 1. The lowest BCUT2D eigenvalue weighted by atomic mass is 9.94. The van der Waals surface area contributed by atoms with E-state index in [1.165, 1.54) is 23.1 Å². The summed E-state index contributed by atoms with van der Waals surface area (Å²) >= 11 is 0. The molecule has 0 saturated carbocycles. The number of hydrogen-bond acceptors (Lipinski definition) is 5. The van der Waals surface area contributed by atoms with Crippen molar-refractivity contribution >= 4 is 23.1 Å². The van der Waals surface area contributed by atoms with E-state index in [1.807, 2.05) is 37.3 Å². The van der Waals surface area contributed by atoms with Gasteiger partial charge in [-0.25, -0.2) is 0 Å². The molecule has 0 bridgehead atoms. The van der Waals surface area contributed by atoms with Crippen LogP contribution in [0.25, 0.3) is 5.76 Å². The normalized spacial score (nSPS) is 17.4. The highest BCUT2D eigenvalue weighted by atomic mass is 16.6. The second-order valence-corrected chi connectivity index (χ2v) is 7.95. The molecule has 1 heterocycles. The third-order valence-corrected chi connectivity index (χ3v) is 5.75. The molecule has 1 atom stereocenters. The van der Waals surface area contributed by atoms with Crippen LogP contribution in [0.5, 0.6) is 0 Å². The summed E-state index contributed by atoms with van der Waals surface area (Å²) in [5.74, 6) is -1.85. The summed E-state index contributed by atoms with van der Waals surface area (Å²) in [6, 6.07) is 21.3. The van der Waals surface area contributed by atoms with Gasteiger partial charge >= 0.3 is 0 Å². The number of likely N-dealkylation sites (tertiary alicyclic amines) is 1. The van der Waals surface area contributed by atoms with Crippen molar-refractivity contribution in [3.8, 4) is 0 Å². The minimum absolute atomic E-state index is 0.0718. The number of aliphatic hydroxyl groups is 1. The van der Waals surface area contributed by atoms with Gasteiger partial charge in [0.25, 0.3) is 17.4 Å². The van der Waals surface area contributed by atoms with Gasteiger partial charge in [0.1, 0.15) is 5.76 Å². The second kappa shape index (κ2) is 9.08. The number of Topliss-reactive ketones (excluding diaryl/α,β-unsaturated/α-hetero) is 1.